The summed E-state index contributed by atoms with van der Waals surface area (Å²) in [5.74, 6) is -1.65. The number of hydrogen-bond acceptors (Lipinski definition) is 16. The van der Waals surface area contributed by atoms with Gasteiger partial charge in [0.15, 0.2) is 0 Å². The lowest BCUT2D eigenvalue weighted by Crippen LogP contribution is -2.44. The standard InChI is InChI=1S/C7H15ClN2.2C6H3N3O7/c1-9-4-6-10(3-2-8)7-5-9;2*10-6-4(8(13)14)1-3(7(11)12)2-5(6)9(15)16/h2-7H2,1H3;2*1-2,10H. The number of rotatable bonds is 8. The van der Waals surface area contributed by atoms with Crippen LogP contribution < -0.4 is 0 Å². The van der Waals surface area contributed by atoms with Crippen LogP contribution in [0.3, 0.4) is 0 Å². The number of benzene rings is 2. The number of alkyl halides is 1. The molecular weight excluding hydrogens is 600 g/mol. The van der Waals surface area contributed by atoms with Crippen molar-refractivity contribution in [2.75, 3.05) is 45.7 Å². The fourth-order valence-electron chi connectivity index (χ4n) is 3.14. The number of nitro benzene ring substituents is 6. The smallest absolute Gasteiger partial charge is 0.324 e. The number of halogens is 1. The highest BCUT2D eigenvalue weighted by molar-refractivity contribution is 6.18. The minimum atomic E-state index is -1.21. The Morgan fingerprint density at radius 3 is 1.12 bits per heavy atom. The molecule has 0 saturated carbocycles. The van der Waals surface area contributed by atoms with E-state index in [9.17, 15) is 60.7 Å². The number of aromatic hydroxyl groups is 2. The van der Waals surface area contributed by atoms with E-state index in [4.69, 9.17) is 21.8 Å². The van der Waals surface area contributed by atoms with Crippen LogP contribution in [0.25, 0.3) is 0 Å². The highest BCUT2D eigenvalue weighted by Gasteiger charge is 2.31. The molecule has 0 spiro atoms. The number of phenolic OH excluding ortho intramolecular Hbond substituents is 2. The van der Waals surface area contributed by atoms with E-state index < -0.39 is 75.2 Å². The van der Waals surface area contributed by atoms with Gasteiger partial charge in [0, 0.05) is 38.6 Å². The van der Waals surface area contributed by atoms with Crippen molar-refractivity contribution in [1.82, 2.24) is 9.80 Å². The van der Waals surface area contributed by atoms with Crippen molar-refractivity contribution >= 4 is 45.7 Å². The molecule has 0 bridgehead atoms. The number of nitrogens with zero attached hydrogens (tertiary/aromatic N) is 8. The lowest BCUT2D eigenvalue weighted by molar-refractivity contribution is -0.404. The Labute approximate surface area is 237 Å². The molecule has 0 radical (unpaired) electrons. The van der Waals surface area contributed by atoms with Gasteiger partial charge in [-0.05, 0) is 7.05 Å². The Bertz CT molecular complexity index is 1220. The molecule has 1 fully saturated rings. The van der Waals surface area contributed by atoms with E-state index in [0.29, 0.717) is 24.3 Å². The molecule has 0 atom stereocenters. The summed E-state index contributed by atoms with van der Waals surface area (Å²) in [6.45, 7) is 5.80. The van der Waals surface area contributed by atoms with Crippen LogP contribution in [0.2, 0.25) is 0 Å². The summed E-state index contributed by atoms with van der Waals surface area (Å²) in [7, 11) is 2.16. The molecule has 1 saturated heterocycles. The molecule has 23 heteroatoms. The lowest BCUT2D eigenvalue weighted by atomic mass is 10.2. The van der Waals surface area contributed by atoms with E-state index in [0.717, 1.165) is 12.4 Å². The topological polar surface area (TPSA) is 306 Å². The minimum absolute atomic E-state index is 0.447. The van der Waals surface area contributed by atoms with Gasteiger partial charge in [-0.2, -0.15) is 0 Å². The van der Waals surface area contributed by atoms with E-state index in [2.05, 4.69) is 16.8 Å². The van der Waals surface area contributed by atoms with Gasteiger partial charge in [0.1, 0.15) is 0 Å². The molecule has 1 aliphatic heterocycles. The number of piperazine rings is 1. The first-order chi connectivity index (χ1) is 19.5. The van der Waals surface area contributed by atoms with Crippen LogP contribution in [0, 0.1) is 60.7 Å². The molecule has 0 unspecified atom stereocenters. The first-order valence-electron chi connectivity index (χ1n) is 11.1. The molecular formula is C19H21ClN8O14. The maximum atomic E-state index is 10.4. The molecule has 2 aromatic carbocycles. The van der Waals surface area contributed by atoms with Gasteiger partial charge in [0.2, 0.25) is 0 Å². The average Bonchev–Trinajstić information content (AvgIpc) is 2.90. The van der Waals surface area contributed by atoms with Gasteiger partial charge in [0.25, 0.3) is 22.9 Å². The van der Waals surface area contributed by atoms with Crippen molar-refractivity contribution in [2.24, 2.45) is 0 Å². The van der Waals surface area contributed by atoms with Crippen LogP contribution in [0.5, 0.6) is 11.5 Å². The second-order valence-electron chi connectivity index (χ2n) is 8.04. The SMILES string of the molecule is CN1CCN(CCCl)CC1.O=[N+]([O-])c1cc([N+](=O)[O-])c(O)c([N+](=O)[O-])c1.O=[N+]([O-])c1cc([N+](=O)[O-])c(O)c([N+](=O)[O-])c1. The van der Waals surface area contributed by atoms with Gasteiger partial charge in [-0.25, -0.2) is 0 Å². The predicted molar refractivity (Wildman–Crippen MR) is 141 cm³/mol. The summed E-state index contributed by atoms with van der Waals surface area (Å²) < 4.78 is 0. The zero-order valence-corrected chi connectivity index (χ0v) is 22.1. The Morgan fingerprint density at radius 1 is 0.619 bits per heavy atom. The molecule has 2 N–H and O–H groups in total. The highest BCUT2D eigenvalue weighted by atomic mass is 35.5. The monoisotopic (exact) mass is 620 g/mol. The number of nitro groups is 6. The minimum Gasteiger partial charge on any atom is -0.497 e. The zero-order chi connectivity index (χ0) is 32.3. The molecule has 22 nitrogen and oxygen atoms in total. The fourth-order valence-corrected chi connectivity index (χ4v) is 3.38. The summed E-state index contributed by atoms with van der Waals surface area (Å²) >= 11 is 5.62. The fraction of sp³-hybridized carbons (Fsp3) is 0.368. The Morgan fingerprint density at radius 2 is 0.905 bits per heavy atom. The second kappa shape index (κ2) is 15.4. The molecule has 0 aliphatic carbocycles. The summed E-state index contributed by atoms with van der Waals surface area (Å²) in [6.07, 6.45) is 0. The van der Waals surface area contributed by atoms with E-state index >= 15 is 0 Å². The molecule has 1 aliphatic rings. The third kappa shape index (κ3) is 9.68. The molecule has 1 heterocycles. The first kappa shape index (κ1) is 34.7. The van der Waals surface area contributed by atoms with Crippen LogP contribution in [0.4, 0.5) is 34.1 Å². The van der Waals surface area contributed by atoms with Crippen LogP contribution in [-0.2, 0) is 0 Å². The largest absolute Gasteiger partial charge is 0.497 e. The van der Waals surface area contributed by atoms with Crippen molar-refractivity contribution < 1.29 is 39.8 Å². The number of phenols is 2. The van der Waals surface area contributed by atoms with Gasteiger partial charge < -0.3 is 15.1 Å². The summed E-state index contributed by atoms with van der Waals surface area (Å²) in [5, 5.41) is 80.4. The van der Waals surface area contributed by atoms with Crippen LogP contribution in [0.15, 0.2) is 24.3 Å². The van der Waals surface area contributed by atoms with Gasteiger partial charge in [0.05, 0.1) is 53.8 Å². The van der Waals surface area contributed by atoms with Crippen molar-refractivity contribution in [3.8, 4) is 11.5 Å². The first-order valence-corrected chi connectivity index (χ1v) is 11.6. The lowest BCUT2D eigenvalue weighted by Gasteiger charge is -2.31. The normalized spacial score (nSPS) is 13.0. The maximum Gasteiger partial charge on any atom is 0.324 e. The van der Waals surface area contributed by atoms with Gasteiger partial charge in [-0.15, -0.1) is 11.6 Å². The third-order valence-electron chi connectivity index (χ3n) is 5.31. The predicted octanol–water partition coefficient (Wildman–Crippen LogP) is 2.71. The van der Waals surface area contributed by atoms with E-state index in [1.54, 1.807) is 0 Å². The highest BCUT2D eigenvalue weighted by Crippen LogP contribution is 2.40. The molecule has 0 amide bonds. The summed E-state index contributed by atoms with van der Waals surface area (Å²) in [6, 6.07) is 1.79. The summed E-state index contributed by atoms with van der Waals surface area (Å²) in [4.78, 5) is 60.3. The maximum absolute atomic E-state index is 10.4. The Kier molecular flexibility index (Phi) is 12.7. The molecule has 228 valence electrons. The van der Waals surface area contributed by atoms with E-state index in [1.165, 1.54) is 26.2 Å². The van der Waals surface area contributed by atoms with Crippen LogP contribution in [-0.4, -0.2) is 95.2 Å². The third-order valence-corrected chi connectivity index (χ3v) is 5.48. The van der Waals surface area contributed by atoms with Crippen LogP contribution in [0.1, 0.15) is 0 Å². The van der Waals surface area contributed by atoms with Crippen molar-refractivity contribution in [3.63, 3.8) is 0 Å². The quantitative estimate of drug-likeness (QED) is 0.243. The van der Waals surface area contributed by atoms with Crippen molar-refractivity contribution in [3.05, 3.63) is 85.0 Å². The Balaban J connectivity index is 0.000000324. The number of non-ortho nitro benzene ring substituents is 2. The molecule has 0 aromatic heterocycles. The van der Waals surface area contributed by atoms with Crippen molar-refractivity contribution in [1.29, 1.82) is 0 Å². The average molecular weight is 621 g/mol. The van der Waals surface area contributed by atoms with Crippen molar-refractivity contribution in [2.45, 2.75) is 0 Å². The van der Waals surface area contributed by atoms with E-state index in [1.807, 2.05) is 0 Å². The number of likely N-dealkylation sites (N-methyl/N-ethyl adjacent to an activating group) is 1. The van der Waals surface area contributed by atoms with Gasteiger partial charge >= 0.3 is 22.7 Å². The van der Waals surface area contributed by atoms with E-state index in [-0.39, 0.29) is 0 Å². The van der Waals surface area contributed by atoms with Gasteiger partial charge in [-0.1, -0.05) is 0 Å². The summed E-state index contributed by atoms with van der Waals surface area (Å²) in [5.41, 5.74) is -6.00. The zero-order valence-electron chi connectivity index (χ0n) is 21.3. The molecule has 2 aromatic rings. The molecule has 42 heavy (non-hydrogen) atoms. The second-order valence-corrected chi connectivity index (χ2v) is 8.42. The number of hydrogen-bond donors (Lipinski definition) is 2. The van der Waals surface area contributed by atoms with Gasteiger partial charge in [-0.3, -0.25) is 65.6 Å². The Hall–Kier alpha value is -5.35. The van der Waals surface area contributed by atoms with Crippen LogP contribution >= 0.6 is 11.6 Å². The molecule has 3 rings (SSSR count).